The molecule has 1 aliphatic heterocycles. The van der Waals surface area contributed by atoms with E-state index in [4.69, 9.17) is 14.2 Å². The molecule has 0 bridgehead atoms. The molecule has 1 aliphatic carbocycles. The summed E-state index contributed by atoms with van der Waals surface area (Å²) >= 11 is 0. The Morgan fingerprint density at radius 1 is 1.27 bits per heavy atom. The lowest BCUT2D eigenvalue weighted by Crippen LogP contribution is -2.36. The van der Waals surface area contributed by atoms with Crippen molar-refractivity contribution in [2.75, 3.05) is 40.0 Å². The molecule has 4 nitrogen and oxygen atoms in total. The average Bonchev–Trinajstić information content (AvgIpc) is 2.97. The summed E-state index contributed by atoms with van der Waals surface area (Å²) in [7, 11) is 1.77. The van der Waals surface area contributed by atoms with Crippen LogP contribution in [0.3, 0.4) is 0 Å². The molecule has 26 heavy (non-hydrogen) atoms. The van der Waals surface area contributed by atoms with E-state index in [1.165, 1.54) is 24.8 Å². The fourth-order valence-electron chi connectivity index (χ4n) is 4.45. The molecule has 0 amide bonds. The van der Waals surface area contributed by atoms with Gasteiger partial charge in [0.05, 0.1) is 12.7 Å². The molecular formula is C22H41NO3. The van der Waals surface area contributed by atoms with Crippen LogP contribution in [0.25, 0.3) is 0 Å². The van der Waals surface area contributed by atoms with Crippen molar-refractivity contribution in [2.24, 2.45) is 11.8 Å². The normalized spacial score (nSPS) is 29.2. The van der Waals surface area contributed by atoms with Crippen molar-refractivity contribution in [3.8, 4) is 0 Å². The van der Waals surface area contributed by atoms with Crippen molar-refractivity contribution in [1.82, 2.24) is 4.90 Å². The van der Waals surface area contributed by atoms with Gasteiger partial charge in [0.25, 0.3) is 0 Å². The van der Waals surface area contributed by atoms with Crippen LogP contribution in [-0.2, 0) is 14.2 Å². The SMILES string of the molecule is C=C(C)CN(CCCOC)CCC1COC2(CCC(CC(C)C)CC2)O1. The van der Waals surface area contributed by atoms with Crippen LogP contribution in [0.15, 0.2) is 12.2 Å². The smallest absolute Gasteiger partial charge is 0.168 e. The zero-order chi connectivity index (χ0) is 19.0. The van der Waals surface area contributed by atoms with Gasteiger partial charge in [0.2, 0.25) is 0 Å². The molecule has 1 unspecified atom stereocenters. The minimum absolute atomic E-state index is 0.242. The first-order valence-electron chi connectivity index (χ1n) is 10.6. The third-order valence-electron chi connectivity index (χ3n) is 5.67. The number of nitrogens with zero attached hydrogens (tertiary/aromatic N) is 1. The Hall–Kier alpha value is -0.420. The molecule has 1 atom stereocenters. The molecule has 0 aromatic carbocycles. The molecule has 0 radical (unpaired) electrons. The number of methoxy groups -OCH3 is 1. The lowest BCUT2D eigenvalue weighted by atomic mass is 9.81. The van der Waals surface area contributed by atoms with Crippen LogP contribution in [-0.4, -0.2) is 56.7 Å². The molecule has 4 heteroatoms. The number of hydrogen-bond donors (Lipinski definition) is 0. The second-order valence-corrected chi connectivity index (χ2v) is 8.90. The zero-order valence-corrected chi connectivity index (χ0v) is 17.6. The molecular weight excluding hydrogens is 326 g/mol. The van der Waals surface area contributed by atoms with Crippen molar-refractivity contribution in [2.45, 2.75) is 77.6 Å². The first kappa shape index (κ1) is 21.9. The topological polar surface area (TPSA) is 30.9 Å². The van der Waals surface area contributed by atoms with Gasteiger partial charge < -0.3 is 14.2 Å². The van der Waals surface area contributed by atoms with Crippen LogP contribution in [0.2, 0.25) is 0 Å². The summed E-state index contributed by atoms with van der Waals surface area (Å²) in [6.45, 7) is 15.4. The molecule has 1 saturated heterocycles. The molecule has 2 fully saturated rings. The first-order chi connectivity index (χ1) is 12.4. The predicted molar refractivity (Wildman–Crippen MR) is 107 cm³/mol. The van der Waals surface area contributed by atoms with Crippen LogP contribution in [0.4, 0.5) is 0 Å². The Balaban J connectivity index is 1.73. The summed E-state index contributed by atoms with van der Waals surface area (Å²) in [5, 5.41) is 0. The maximum absolute atomic E-state index is 6.43. The van der Waals surface area contributed by atoms with Crippen LogP contribution in [0, 0.1) is 11.8 Å². The van der Waals surface area contributed by atoms with E-state index in [-0.39, 0.29) is 11.9 Å². The van der Waals surface area contributed by atoms with E-state index in [9.17, 15) is 0 Å². The number of hydrogen-bond acceptors (Lipinski definition) is 4. The Bertz CT molecular complexity index is 416. The average molecular weight is 368 g/mol. The van der Waals surface area contributed by atoms with Gasteiger partial charge in [-0.15, -0.1) is 0 Å². The van der Waals surface area contributed by atoms with Crippen molar-refractivity contribution < 1.29 is 14.2 Å². The molecule has 1 heterocycles. The van der Waals surface area contributed by atoms with Crippen LogP contribution in [0.1, 0.15) is 65.7 Å². The monoisotopic (exact) mass is 367 g/mol. The van der Waals surface area contributed by atoms with Crippen LogP contribution >= 0.6 is 0 Å². The molecule has 0 aromatic heterocycles. The Morgan fingerprint density at radius 3 is 2.62 bits per heavy atom. The van der Waals surface area contributed by atoms with E-state index in [2.05, 4.69) is 32.3 Å². The molecule has 1 spiro atoms. The van der Waals surface area contributed by atoms with Crippen LogP contribution < -0.4 is 0 Å². The van der Waals surface area contributed by atoms with Crippen molar-refractivity contribution >= 4 is 0 Å². The van der Waals surface area contributed by atoms with E-state index >= 15 is 0 Å². The Morgan fingerprint density at radius 2 is 2.00 bits per heavy atom. The molecule has 2 aliphatic rings. The van der Waals surface area contributed by atoms with E-state index in [1.54, 1.807) is 7.11 Å². The van der Waals surface area contributed by atoms with Gasteiger partial charge in [-0.25, -0.2) is 0 Å². The quantitative estimate of drug-likeness (QED) is 0.393. The van der Waals surface area contributed by atoms with Gasteiger partial charge in [0.15, 0.2) is 5.79 Å². The molecule has 2 rings (SSSR count). The fourth-order valence-corrected chi connectivity index (χ4v) is 4.45. The van der Waals surface area contributed by atoms with Gasteiger partial charge in [-0.3, -0.25) is 4.90 Å². The summed E-state index contributed by atoms with van der Waals surface area (Å²) in [5.74, 6) is 1.39. The van der Waals surface area contributed by atoms with Crippen LogP contribution in [0.5, 0.6) is 0 Å². The highest BCUT2D eigenvalue weighted by Gasteiger charge is 2.43. The van der Waals surface area contributed by atoms with Gasteiger partial charge in [-0.2, -0.15) is 0 Å². The van der Waals surface area contributed by atoms with Crippen molar-refractivity contribution in [3.63, 3.8) is 0 Å². The van der Waals surface area contributed by atoms with Gasteiger partial charge in [-0.1, -0.05) is 26.0 Å². The highest BCUT2D eigenvalue weighted by molar-refractivity contribution is 4.92. The summed E-state index contributed by atoms with van der Waals surface area (Å²) in [4.78, 5) is 2.47. The standard InChI is InChI=1S/C22H41NO3/c1-18(2)15-20-7-10-22(11-8-20)25-17-21(26-22)9-13-23(16-19(3)4)12-6-14-24-5/h18,20-21H,3,6-17H2,1-2,4-5H3. The predicted octanol–water partition coefficient (Wildman–Crippen LogP) is 4.64. The Kier molecular flexibility index (Phi) is 9.08. The maximum Gasteiger partial charge on any atom is 0.168 e. The molecule has 0 N–H and O–H groups in total. The zero-order valence-electron chi connectivity index (χ0n) is 17.6. The van der Waals surface area contributed by atoms with E-state index in [0.29, 0.717) is 0 Å². The third-order valence-corrected chi connectivity index (χ3v) is 5.67. The van der Waals surface area contributed by atoms with Gasteiger partial charge in [0, 0.05) is 46.2 Å². The van der Waals surface area contributed by atoms with Crippen molar-refractivity contribution in [1.29, 1.82) is 0 Å². The molecule has 152 valence electrons. The minimum Gasteiger partial charge on any atom is -0.385 e. The lowest BCUT2D eigenvalue weighted by molar-refractivity contribution is -0.193. The number of rotatable bonds is 11. The summed E-state index contributed by atoms with van der Waals surface area (Å²) in [5.41, 5.74) is 1.21. The van der Waals surface area contributed by atoms with Gasteiger partial charge >= 0.3 is 0 Å². The molecule has 1 saturated carbocycles. The third kappa shape index (κ3) is 7.30. The summed E-state index contributed by atoms with van der Waals surface area (Å²) < 4.78 is 17.8. The maximum atomic E-state index is 6.43. The van der Waals surface area contributed by atoms with Gasteiger partial charge in [-0.05, 0) is 50.9 Å². The molecule has 0 aromatic rings. The largest absolute Gasteiger partial charge is 0.385 e. The lowest BCUT2D eigenvalue weighted by Gasteiger charge is -2.36. The van der Waals surface area contributed by atoms with Gasteiger partial charge in [0.1, 0.15) is 0 Å². The van der Waals surface area contributed by atoms with E-state index < -0.39 is 0 Å². The Labute approximate surface area is 161 Å². The number of ether oxygens (including phenoxy) is 3. The summed E-state index contributed by atoms with van der Waals surface area (Å²) in [6.07, 6.45) is 8.34. The second-order valence-electron chi connectivity index (χ2n) is 8.90. The fraction of sp³-hybridized carbons (Fsp3) is 0.909. The highest BCUT2D eigenvalue weighted by atomic mass is 16.7. The summed E-state index contributed by atoms with van der Waals surface area (Å²) in [6, 6.07) is 0. The highest BCUT2D eigenvalue weighted by Crippen LogP contribution is 2.42. The van der Waals surface area contributed by atoms with E-state index in [1.807, 2.05) is 0 Å². The first-order valence-corrected chi connectivity index (χ1v) is 10.6. The van der Waals surface area contributed by atoms with E-state index in [0.717, 1.165) is 70.4 Å². The van der Waals surface area contributed by atoms with Crippen molar-refractivity contribution in [3.05, 3.63) is 12.2 Å². The second kappa shape index (κ2) is 10.8. The minimum atomic E-state index is -0.270.